The molecule has 1 rings (SSSR count). The lowest BCUT2D eigenvalue weighted by molar-refractivity contribution is -0.147. The van der Waals surface area contributed by atoms with E-state index in [1.165, 1.54) is 35.4 Å². The molecule has 2 N–H and O–H groups in total. The van der Waals surface area contributed by atoms with Crippen LogP contribution in [-0.4, -0.2) is 32.7 Å². The highest BCUT2D eigenvalue weighted by Gasteiger charge is 2.42. The number of aromatic nitrogens is 2. The molecule has 0 aliphatic carbocycles. The molecule has 1 amide bonds. The maximum atomic E-state index is 12.1. The van der Waals surface area contributed by atoms with Gasteiger partial charge in [0.05, 0.1) is 6.04 Å². The van der Waals surface area contributed by atoms with Crippen LogP contribution in [-0.2, 0) is 4.79 Å². The van der Waals surface area contributed by atoms with E-state index in [9.17, 15) is 14.7 Å². The number of unbranched alkanes of at least 4 members (excludes halogenated alkanes) is 2. The molecular formula is C16H23N3O3. The molecule has 0 radical (unpaired) electrons. The highest BCUT2D eigenvalue weighted by molar-refractivity contribution is 5.82. The standard InChI is InChI=1S/C16H23N3O3/c1-4-7-8-9-16(6-3,14(20)21)13(5-2)18-15(22)19-11-10-17-12-19/h5-6,10-13H,2-4,7-9H2,1H3,(H,18,22)(H,20,21). The van der Waals surface area contributed by atoms with Crippen LogP contribution >= 0.6 is 0 Å². The maximum Gasteiger partial charge on any atom is 0.327 e. The molecule has 0 aliphatic rings. The molecule has 120 valence electrons. The number of carboxylic acid groups (broad SMARTS) is 1. The van der Waals surface area contributed by atoms with E-state index >= 15 is 0 Å². The largest absolute Gasteiger partial charge is 0.481 e. The second-order valence-corrected chi connectivity index (χ2v) is 5.14. The fourth-order valence-corrected chi connectivity index (χ4v) is 2.36. The number of hydrogen-bond acceptors (Lipinski definition) is 3. The normalized spacial score (nSPS) is 14.6. The van der Waals surface area contributed by atoms with Crippen molar-refractivity contribution in [2.45, 2.75) is 38.6 Å². The Labute approximate surface area is 130 Å². The number of carboxylic acids is 1. The van der Waals surface area contributed by atoms with E-state index in [0.717, 1.165) is 19.3 Å². The summed E-state index contributed by atoms with van der Waals surface area (Å²) in [7, 11) is 0. The molecule has 0 bridgehead atoms. The summed E-state index contributed by atoms with van der Waals surface area (Å²) in [5.74, 6) is -1.02. The Kier molecular flexibility index (Phi) is 6.56. The van der Waals surface area contributed by atoms with Gasteiger partial charge in [0.2, 0.25) is 0 Å². The van der Waals surface area contributed by atoms with Gasteiger partial charge in [-0.1, -0.05) is 38.3 Å². The Hall–Kier alpha value is -2.37. The topological polar surface area (TPSA) is 84.2 Å². The van der Waals surface area contributed by atoms with Gasteiger partial charge in [-0.05, 0) is 6.42 Å². The van der Waals surface area contributed by atoms with Crippen LogP contribution in [0.4, 0.5) is 4.79 Å². The fourth-order valence-electron chi connectivity index (χ4n) is 2.36. The van der Waals surface area contributed by atoms with E-state index in [2.05, 4.69) is 23.5 Å². The molecule has 0 aliphatic heterocycles. The van der Waals surface area contributed by atoms with Crippen molar-refractivity contribution in [1.82, 2.24) is 14.9 Å². The van der Waals surface area contributed by atoms with E-state index in [-0.39, 0.29) is 0 Å². The van der Waals surface area contributed by atoms with Crippen molar-refractivity contribution in [2.75, 3.05) is 0 Å². The van der Waals surface area contributed by atoms with Crippen molar-refractivity contribution in [3.05, 3.63) is 44.0 Å². The number of hydrogen-bond donors (Lipinski definition) is 2. The van der Waals surface area contributed by atoms with Gasteiger partial charge in [-0.25, -0.2) is 9.78 Å². The van der Waals surface area contributed by atoms with Gasteiger partial charge in [0.1, 0.15) is 11.7 Å². The van der Waals surface area contributed by atoms with Crippen molar-refractivity contribution < 1.29 is 14.7 Å². The number of carbonyl (C=O) groups is 2. The van der Waals surface area contributed by atoms with Crippen LogP contribution in [0.5, 0.6) is 0 Å². The van der Waals surface area contributed by atoms with E-state index < -0.39 is 23.5 Å². The molecule has 0 saturated heterocycles. The molecular weight excluding hydrogens is 282 g/mol. The van der Waals surface area contributed by atoms with E-state index in [1.54, 1.807) is 0 Å². The monoisotopic (exact) mass is 305 g/mol. The van der Waals surface area contributed by atoms with E-state index in [0.29, 0.717) is 6.42 Å². The third-order valence-electron chi connectivity index (χ3n) is 3.76. The highest BCUT2D eigenvalue weighted by Crippen LogP contribution is 2.32. The lowest BCUT2D eigenvalue weighted by atomic mass is 9.76. The fraction of sp³-hybridized carbons (Fsp3) is 0.438. The van der Waals surface area contributed by atoms with Crippen LogP contribution in [0.1, 0.15) is 32.6 Å². The second-order valence-electron chi connectivity index (χ2n) is 5.14. The van der Waals surface area contributed by atoms with Crippen LogP contribution in [0.25, 0.3) is 0 Å². The number of imidazole rings is 1. The summed E-state index contributed by atoms with van der Waals surface area (Å²) in [4.78, 5) is 27.7. The maximum absolute atomic E-state index is 12.1. The molecule has 2 atom stereocenters. The van der Waals surface area contributed by atoms with Crippen LogP contribution < -0.4 is 5.32 Å². The van der Waals surface area contributed by atoms with Crippen molar-refractivity contribution in [1.29, 1.82) is 0 Å². The Bertz CT molecular complexity index is 525. The molecule has 22 heavy (non-hydrogen) atoms. The predicted molar refractivity (Wildman–Crippen MR) is 84.5 cm³/mol. The van der Waals surface area contributed by atoms with Gasteiger partial charge in [0.25, 0.3) is 0 Å². The number of rotatable bonds is 9. The zero-order valence-corrected chi connectivity index (χ0v) is 12.9. The average molecular weight is 305 g/mol. The van der Waals surface area contributed by atoms with Crippen LogP contribution in [0.15, 0.2) is 44.0 Å². The van der Waals surface area contributed by atoms with Gasteiger partial charge in [-0.3, -0.25) is 9.36 Å². The van der Waals surface area contributed by atoms with Gasteiger partial charge < -0.3 is 10.4 Å². The SMILES string of the molecule is C=CC(NC(=O)n1ccnc1)C(C=C)(CCCCC)C(=O)O. The van der Waals surface area contributed by atoms with Crippen molar-refractivity contribution in [3.8, 4) is 0 Å². The van der Waals surface area contributed by atoms with Gasteiger partial charge in [0, 0.05) is 12.4 Å². The zero-order valence-electron chi connectivity index (χ0n) is 12.9. The van der Waals surface area contributed by atoms with Crippen molar-refractivity contribution in [3.63, 3.8) is 0 Å². The second kappa shape index (κ2) is 8.17. The van der Waals surface area contributed by atoms with Crippen LogP contribution in [0, 0.1) is 5.41 Å². The van der Waals surface area contributed by atoms with Gasteiger partial charge in [-0.2, -0.15) is 0 Å². The van der Waals surface area contributed by atoms with E-state index in [1.807, 2.05) is 6.92 Å². The molecule has 1 aromatic heterocycles. The number of aliphatic carboxylic acids is 1. The van der Waals surface area contributed by atoms with Crippen molar-refractivity contribution in [2.24, 2.45) is 5.41 Å². The summed E-state index contributed by atoms with van der Waals surface area (Å²) in [5.41, 5.74) is -1.27. The summed E-state index contributed by atoms with van der Waals surface area (Å²) in [6, 6.07) is -1.21. The smallest absolute Gasteiger partial charge is 0.327 e. The Balaban J connectivity index is 2.97. The summed E-state index contributed by atoms with van der Waals surface area (Å²) < 4.78 is 1.25. The lowest BCUT2D eigenvalue weighted by Crippen LogP contribution is -2.50. The van der Waals surface area contributed by atoms with Gasteiger partial charge in [-0.15, -0.1) is 13.2 Å². The quantitative estimate of drug-likeness (QED) is 0.543. The third kappa shape index (κ3) is 3.84. The van der Waals surface area contributed by atoms with Gasteiger partial charge in [0.15, 0.2) is 0 Å². The summed E-state index contributed by atoms with van der Waals surface area (Å²) in [5, 5.41) is 12.4. The molecule has 2 unspecified atom stereocenters. The molecule has 1 heterocycles. The molecule has 0 aromatic carbocycles. The summed E-state index contributed by atoms with van der Waals surface area (Å²) in [6.07, 6.45) is 10.2. The zero-order chi connectivity index (χ0) is 16.6. The first-order chi connectivity index (χ1) is 10.5. The number of amides is 1. The first kappa shape index (κ1) is 17.7. The van der Waals surface area contributed by atoms with Crippen molar-refractivity contribution >= 4 is 12.0 Å². The molecule has 0 fully saturated rings. The summed E-state index contributed by atoms with van der Waals surface area (Å²) >= 11 is 0. The molecule has 6 nitrogen and oxygen atoms in total. The molecule has 0 saturated carbocycles. The first-order valence-corrected chi connectivity index (χ1v) is 7.30. The minimum Gasteiger partial charge on any atom is -0.481 e. The minimum absolute atomic E-state index is 0.389. The van der Waals surface area contributed by atoms with E-state index in [4.69, 9.17) is 0 Å². The Morgan fingerprint density at radius 1 is 1.45 bits per heavy atom. The average Bonchev–Trinajstić information content (AvgIpc) is 3.04. The molecule has 6 heteroatoms. The number of carbonyl (C=O) groups excluding carboxylic acids is 1. The Morgan fingerprint density at radius 3 is 2.64 bits per heavy atom. The third-order valence-corrected chi connectivity index (χ3v) is 3.76. The molecule has 1 aromatic rings. The minimum atomic E-state index is -1.27. The first-order valence-electron chi connectivity index (χ1n) is 7.30. The van der Waals surface area contributed by atoms with Crippen LogP contribution in [0.3, 0.4) is 0 Å². The summed E-state index contributed by atoms with van der Waals surface area (Å²) in [6.45, 7) is 9.39. The Morgan fingerprint density at radius 2 is 2.18 bits per heavy atom. The number of nitrogens with one attached hydrogen (secondary N) is 1. The van der Waals surface area contributed by atoms with Crippen LogP contribution in [0.2, 0.25) is 0 Å². The highest BCUT2D eigenvalue weighted by atomic mass is 16.4. The van der Waals surface area contributed by atoms with Gasteiger partial charge >= 0.3 is 12.0 Å². The number of nitrogens with zero attached hydrogens (tertiary/aromatic N) is 2. The molecule has 0 spiro atoms. The lowest BCUT2D eigenvalue weighted by Gasteiger charge is -2.33. The predicted octanol–water partition coefficient (Wildman–Crippen LogP) is 2.83.